The molecule has 1 rings (SSSR count). The van der Waals surface area contributed by atoms with E-state index in [4.69, 9.17) is 5.73 Å². The lowest BCUT2D eigenvalue weighted by Gasteiger charge is -2.18. The predicted molar refractivity (Wildman–Crippen MR) is 70.6 cm³/mol. The molecular weight excluding hydrogens is 198 g/mol. The molecule has 1 aliphatic rings. The molecule has 0 saturated carbocycles. The van der Waals surface area contributed by atoms with Crippen LogP contribution in [0.2, 0.25) is 0 Å². The summed E-state index contributed by atoms with van der Waals surface area (Å²) in [7, 11) is 2.22. The first-order chi connectivity index (χ1) is 7.47. The smallest absolute Gasteiger partial charge is 0.00975 e. The van der Waals surface area contributed by atoms with Gasteiger partial charge in [-0.05, 0) is 72.1 Å². The second-order valence-corrected chi connectivity index (χ2v) is 6.05. The summed E-state index contributed by atoms with van der Waals surface area (Å²) in [5, 5.41) is 3.53. The van der Waals surface area contributed by atoms with Crippen molar-refractivity contribution in [1.29, 1.82) is 0 Å². The molecule has 1 unspecified atom stereocenters. The summed E-state index contributed by atoms with van der Waals surface area (Å²) in [5.74, 6) is 0.920. The van der Waals surface area contributed by atoms with Gasteiger partial charge in [0, 0.05) is 12.1 Å². The van der Waals surface area contributed by atoms with Gasteiger partial charge in [0.25, 0.3) is 0 Å². The maximum Gasteiger partial charge on any atom is 0.00975 e. The Morgan fingerprint density at radius 2 is 2.12 bits per heavy atom. The van der Waals surface area contributed by atoms with Crippen LogP contribution in [0.15, 0.2) is 0 Å². The molecule has 1 fully saturated rings. The maximum absolute atomic E-state index is 5.93. The van der Waals surface area contributed by atoms with Crippen molar-refractivity contribution in [2.24, 2.45) is 11.7 Å². The van der Waals surface area contributed by atoms with Crippen molar-refractivity contribution < 1.29 is 0 Å². The minimum Gasteiger partial charge on any atom is -0.326 e. The van der Waals surface area contributed by atoms with E-state index in [9.17, 15) is 0 Å². The van der Waals surface area contributed by atoms with Crippen LogP contribution < -0.4 is 11.1 Å². The molecule has 16 heavy (non-hydrogen) atoms. The van der Waals surface area contributed by atoms with E-state index in [0.717, 1.165) is 18.9 Å². The van der Waals surface area contributed by atoms with Gasteiger partial charge in [-0.25, -0.2) is 0 Å². The van der Waals surface area contributed by atoms with Crippen molar-refractivity contribution in [1.82, 2.24) is 10.2 Å². The SMILES string of the molecule is CN1CCC(CCNCCCC(C)(C)N)C1. The highest BCUT2D eigenvalue weighted by Crippen LogP contribution is 2.16. The first-order valence-electron chi connectivity index (χ1n) is 6.65. The van der Waals surface area contributed by atoms with E-state index in [1.54, 1.807) is 0 Å². The first kappa shape index (κ1) is 13.9. The number of hydrogen-bond acceptors (Lipinski definition) is 3. The van der Waals surface area contributed by atoms with Gasteiger partial charge in [-0.1, -0.05) is 0 Å². The third-order valence-corrected chi connectivity index (χ3v) is 3.39. The van der Waals surface area contributed by atoms with Gasteiger partial charge in [-0.3, -0.25) is 0 Å². The van der Waals surface area contributed by atoms with Crippen LogP contribution in [0.1, 0.15) is 39.5 Å². The Morgan fingerprint density at radius 1 is 1.38 bits per heavy atom. The van der Waals surface area contributed by atoms with Crippen molar-refractivity contribution in [3.8, 4) is 0 Å². The summed E-state index contributed by atoms with van der Waals surface area (Å²) in [5.41, 5.74) is 5.93. The number of likely N-dealkylation sites (tertiary alicyclic amines) is 1. The average molecular weight is 227 g/mol. The van der Waals surface area contributed by atoms with Gasteiger partial charge in [0.2, 0.25) is 0 Å². The quantitative estimate of drug-likeness (QED) is 0.647. The monoisotopic (exact) mass is 227 g/mol. The van der Waals surface area contributed by atoms with Crippen molar-refractivity contribution >= 4 is 0 Å². The maximum atomic E-state index is 5.93. The van der Waals surface area contributed by atoms with Crippen LogP contribution in [-0.4, -0.2) is 43.7 Å². The lowest BCUT2D eigenvalue weighted by Crippen LogP contribution is -2.33. The molecule has 0 spiro atoms. The van der Waals surface area contributed by atoms with Crippen molar-refractivity contribution in [2.45, 2.75) is 45.1 Å². The summed E-state index contributed by atoms with van der Waals surface area (Å²) in [4.78, 5) is 2.43. The Balaban J connectivity index is 1.89. The Hall–Kier alpha value is -0.120. The molecule has 0 radical (unpaired) electrons. The van der Waals surface area contributed by atoms with Crippen LogP contribution in [0.4, 0.5) is 0 Å². The molecule has 3 nitrogen and oxygen atoms in total. The molecule has 96 valence electrons. The third kappa shape index (κ3) is 6.46. The fraction of sp³-hybridized carbons (Fsp3) is 1.00. The molecule has 0 aliphatic carbocycles. The van der Waals surface area contributed by atoms with Gasteiger partial charge < -0.3 is 16.0 Å². The summed E-state index contributed by atoms with van der Waals surface area (Å²) >= 11 is 0. The van der Waals surface area contributed by atoms with Crippen LogP contribution in [0.3, 0.4) is 0 Å². The average Bonchev–Trinajstić information content (AvgIpc) is 2.56. The van der Waals surface area contributed by atoms with Crippen molar-refractivity contribution in [3.63, 3.8) is 0 Å². The highest BCUT2D eigenvalue weighted by molar-refractivity contribution is 4.74. The van der Waals surface area contributed by atoms with E-state index in [1.807, 2.05) is 0 Å². The zero-order valence-electron chi connectivity index (χ0n) is 11.3. The van der Waals surface area contributed by atoms with Crippen molar-refractivity contribution in [2.75, 3.05) is 33.2 Å². The number of nitrogens with two attached hydrogens (primary N) is 1. The second kappa shape index (κ2) is 6.58. The molecule has 1 heterocycles. The highest BCUT2D eigenvalue weighted by atomic mass is 15.1. The van der Waals surface area contributed by atoms with E-state index in [1.165, 1.54) is 38.9 Å². The number of nitrogens with one attached hydrogen (secondary N) is 1. The lowest BCUT2D eigenvalue weighted by molar-refractivity contribution is 0.383. The summed E-state index contributed by atoms with van der Waals surface area (Å²) in [6.45, 7) is 9.05. The number of rotatable bonds is 7. The molecule has 3 heteroatoms. The molecule has 1 saturated heterocycles. The van der Waals surface area contributed by atoms with Crippen LogP contribution >= 0.6 is 0 Å². The number of nitrogens with zero attached hydrogens (tertiary/aromatic N) is 1. The normalized spacial score (nSPS) is 22.9. The van der Waals surface area contributed by atoms with E-state index in [2.05, 4.69) is 31.1 Å². The summed E-state index contributed by atoms with van der Waals surface area (Å²) in [6.07, 6.45) is 5.00. The zero-order valence-corrected chi connectivity index (χ0v) is 11.3. The van der Waals surface area contributed by atoms with Crippen molar-refractivity contribution in [3.05, 3.63) is 0 Å². The fourth-order valence-electron chi connectivity index (χ4n) is 2.36. The minimum absolute atomic E-state index is 0.00412. The highest BCUT2D eigenvalue weighted by Gasteiger charge is 2.18. The molecule has 0 aromatic carbocycles. The molecule has 3 N–H and O–H groups in total. The van der Waals surface area contributed by atoms with E-state index in [-0.39, 0.29) is 5.54 Å². The van der Waals surface area contributed by atoms with Crippen LogP contribution in [0.25, 0.3) is 0 Å². The predicted octanol–water partition coefficient (Wildman–Crippen LogP) is 1.44. The molecular formula is C13H29N3. The summed E-state index contributed by atoms with van der Waals surface area (Å²) in [6, 6.07) is 0. The van der Waals surface area contributed by atoms with E-state index >= 15 is 0 Å². The molecule has 0 aromatic rings. The van der Waals surface area contributed by atoms with Gasteiger partial charge in [-0.2, -0.15) is 0 Å². The van der Waals surface area contributed by atoms with Gasteiger partial charge in [0.05, 0.1) is 0 Å². The summed E-state index contributed by atoms with van der Waals surface area (Å²) < 4.78 is 0. The molecule has 1 aliphatic heterocycles. The largest absolute Gasteiger partial charge is 0.326 e. The third-order valence-electron chi connectivity index (χ3n) is 3.39. The molecule has 1 atom stereocenters. The van der Waals surface area contributed by atoms with Gasteiger partial charge in [0.1, 0.15) is 0 Å². The standard InChI is InChI=1S/C13H29N3/c1-13(2,14)7-4-8-15-9-5-12-6-10-16(3)11-12/h12,15H,4-11,14H2,1-3H3. The Kier molecular flexibility index (Phi) is 5.73. The number of hydrogen-bond donors (Lipinski definition) is 2. The Bertz CT molecular complexity index is 186. The first-order valence-corrected chi connectivity index (χ1v) is 6.65. The second-order valence-electron chi connectivity index (χ2n) is 6.05. The zero-order chi connectivity index (χ0) is 12.0. The van der Waals surface area contributed by atoms with Gasteiger partial charge >= 0.3 is 0 Å². The molecule has 0 amide bonds. The van der Waals surface area contributed by atoms with Crippen LogP contribution in [-0.2, 0) is 0 Å². The van der Waals surface area contributed by atoms with Crippen LogP contribution in [0.5, 0.6) is 0 Å². The molecule has 0 aromatic heterocycles. The van der Waals surface area contributed by atoms with E-state index < -0.39 is 0 Å². The lowest BCUT2D eigenvalue weighted by atomic mass is 10.0. The van der Waals surface area contributed by atoms with Gasteiger partial charge in [0.15, 0.2) is 0 Å². The minimum atomic E-state index is -0.00412. The fourth-order valence-corrected chi connectivity index (χ4v) is 2.36. The molecule has 0 bridgehead atoms. The van der Waals surface area contributed by atoms with Crippen LogP contribution in [0, 0.1) is 5.92 Å². The van der Waals surface area contributed by atoms with E-state index in [0.29, 0.717) is 0 Å². The Labute approximate surface area is 101 Å². The topological polar surface area (TPSA) is 41.3 Å². The Morgan fingerprint density at radius 3 is 2.69 bits per heavy atom. The van der Waals surface area contributed by atoms with Gasteiger partial charge in [-0.15, -0.1) is 0 Å².